The summed E-state index contributed by atoms with van der Waals surface area (Å²) in [6, 6.07) is 0. The van der Waals surface area contributed by atoms with Crippen molar-refractivity contribution in [1.29, 1.82) is 0 Å². The van der Waals surface area contributed by atoms with Gasteiger partial charge in [0.25, 0.3) is 0 Å². The quantitative estimate of drug-likeness (QED) is 0.848. The number of aromatic nitrogens is 1. The van der Waals surface area contributed by atoms with Gasteiger partial charge >= 0.3 is 5.97 Å². The Morgan fingerprint density at radius 2 is 2.22 bits per heavy atom. The maximum atomic E-state index is 11.9. The van der Waals surface area contributed by atoms with Gasteiger partial charge in [0, 0.05) is 11.3 Å². The molecule has 0 aromatic carbocycles. The number of hydrogen-bond acceptors (Lipinski definition) is 5. The van der Waals surface area contributed by atoms with Gasteiger partial charge in [-0.1, -0.05) is 12.8 Å². The summed E-state index contributed by atoms with van der Waals surface area (Å²) in [7, 11) is 1.34. The summed E-state index contributed by atoms with van der Waals surface area (Å²) < 4.78 is 4.56. The highest BCUT2D eigenvalue weighted by Crippen LogP contribution is 2.26. The van der Waals surface area contributed by atoms with Crippen LogP contribution in [0.1, 0.15) is 31.4 Å². The molecule has 0 radical (unpaired) electrons. The fourth-order valence-electron chi connectivity index (χ4n) is 2.06. The topological polar surface area (TPSA) is 68.3 Å². The summed E-state index contributed by atoms with van der Waals surface area (Å²) in [6.45, 7) is 0. The van der Waals surface area contributed by atoms with Crippen molar-refractivity contribution in [1.82, 2.24) is 4.98 Å². The third-order valence-electron chi connectivity index (χ3n) is 3.06. The molecule has 0 aliphatic heterocycles. The molecule has 1 saturated carbocycles. The Morgan fingerprint density at radius 1 is 1.50 bits per heavy atom. The molecule has 1 N–H and O–H groups in total. The van der Waals surface area contributed by atoms with Crippen molar-refractivity contribution < 1.29 is 14.3 Å². The van der Waals surface area contributed by atoms with Crippen LogP contribution >= 0.6 is 11.3 Å². The molecule has 98 valence electrons. The number of nitrogens with zero attached hydrogens (tertiary/aromatic N) is 1. The Balaban J connectivity index is 1.89. The first kappa shape index (κ1) is 13.0. The van der Waals surface area contributed by atoms with Crippen molar-refractivity contribution in [3.05, 3.63) is 11.1 Å². The first-order valence-electron chi connectivity index (χ1n) is 6.01. The minimum atomic E-state index is -0.325. The molecule has 1 amide bonds. The summed E-state index contributed by atoms with van der Waals surface area (Å²) >= 11 is 1.34. The minimum Gasteiger partial charge on any atom is -0.469 e. The molecule has 1 aromatic rings. The lowest BCUT2D eigenvalue weighted by atomic mass is 10.1. The molecule has 0 unspecified atom stereocenters. The molecular weight excluding hydrogens is 252 g/mol. The van der Waals surface area contributed by atoms with Crippen LogP contribution in [0, 0.1) is 5.92 Å². The second-order valence-electron chi connectivity index (χ2n) is 4.37. The van der Waals surface area contributed by atoms with Crippen LogP contribution in [0.15, 0.2) is 5.38 Å². The molecule has 5 nitrogen and oxygen atoms in total. The van der Waals surface area contributed by atoms with E-state index in [1.807, 2.05) is 0 Å². The number of hydrogen-bond donors (Lipinski definition) is 1. The average Bonchev–Trinajstić information content (AvgIpc) is 3.00. The van der Waals surface area contributed by atoms with Gasteiger partial charge < -0.3 is 10.1 Å². The van der Waals surface area contributed by atoms with Crippen LogP contribution in [0.2, 0.25) is 0 Å². The van der Waals surface area contributed by atoms with Gasteiger partial charge in [0.15, 0.2) is 5.13 Å². The first-order chi connectivity index (χ1) is 8.69. The fraction of sp³-hybridized carbons (Fsp3) is 0.583. The van der Waals surface area contributed by atoms with Crippen LogP contribution in [0.5, 0.6) is 0 Å². The SMILES string of the molecule is COC(=O)Cc1csc(NC(=O)C2CCCC2)n1. The number of esters is 1. The molecule has 6 heteroatoms. The van der Waals surface area contributed by atoms with Crippen LogP contribution < -0.4 is 5.32 Å². The highest BCUT2D eigenvalue weighted by molar-refractivity contribution is 7.13. The maximum absolute atomic E-state index is 11.9. The van der Waals surface area contributed by atoms with E-state index in [-0.39, 0.29) is 24.2 Å². The van der Waals surface area contributed by atoms with Gasteiger partial charge in [-0.2, -0.15) is 0 Å². The third kappa shape index (κ3) is 3.29. The van der Waals surface area contributed by atoms with E-state index in [1.165, 1.54) is 18.4 Å². The molecule has 0 atom stereocenters. The van der Waals surface area contributed by atoms with Gasteiger partial charge in [0.1, 0.15) is 0 Å². The van der Waals surface area contributed by atoms with Crippen LogP contribution in [0.3, 0.4) is 0 Å². The predicted octanol–water partition coefficient (Wildman–Crippen LogP) is 1.99. The normalized spacial score (nSPS) is 15.6. The second-order valence-corrected chi connectivity index (χ2v) is 5.23. The minimum absolute atomic E-state index is 0.0477. The third-order valence-corrected chi connectivity index (χ3v) is 3.87. The molecule has 0 bridgehead atoms. The van der Waals surface area contributed by atoms with E-state index in [2.05, 4.69) is 15.0 Å². The summed E-state index contributed by atoms with van der Waals surface area (Å²) in [6.07, 6.45) is 4.33. The van der Waals surface area contributed by atoms with E-state index in [1.54, 1.807) is 5.38 Å². The van der Waals surface area contributed by atoms with Crippen molar-refractivity contribution in [3.63, 3.8) is 0 Å². The van der Waals surface area contributed by atoms with Gasteiger partial charge in [-0.25, -0.2) is 4.98 Å². The molecular formula is C12H16N2O3S. The number of rotatable bonds is 4. The van der Waals surface area contributed by atoms with Crippen molar-refractivity contribution >= 4 is 28.3 Å². The molecule has 0 saturated heterocycles. The molecule has 18 heavy (non-hydrogen) atoms. The van der Waals surface area contributed by atoms with Crippen LogP contribution in [0.4, 0.5) is 5.13 Å². The second kappa shape index (κ2) is 5.95. The molecule has 2 rings (SSSR count). The van der Waals surface area contributed by atoms with Crippen LogP contribution in [-0.2, 0) is 20.7 Å². The van der Waals surface area contributed by atoms with Gasteiger partial charge in [-0.15, -0.1) is 11.3 Å². The summed E-state index contributed by atoms with van der Waals surface area (Å²) in [5.41, 5.74) is 0.633. The number of anilines is 1. The zero-order valence-corrected chi connectivity index (χ0v) is 11.1. The van der Waals surface area contributed by atoms with Crippen LogP contribution in [-0.4, -0.2) is 24.0 Å². The van der Waals surface area contributed by atoms with E-state index in [0.717, 1.165) is 25.7 Å². The van der Waals surface area contributed by atoms with Crippen molar-refractivity contribution in [2.45, 2.75) is 32.1 Å². The monoisotopic (exact) mass is 268 g/mol. The van der Waals surface area contributed by atoms with Gasteiger partial charge in [0.05, 0.1) is 19.2 Å². The Kier molecular flexibility index (Phi) is 4.30. The molecule has 1 aromatic heterocycles. The molecule has 0 spiro atoms. The predicted molar refractivity (Wildman–Crippen MR) is 68.4 cm³/mol. The molecule has 1 fully saturated rings. The van der Waals surface area contributed by atoms with Crippen molar-refractivity contribution in [2.75, 3.05) is 12.4 Å². The van der Waals surface area contributed by atoms with Crippen LogP contribution in [0.25, 0.3) is 0 Å². The lowest BCUT2D eigenvalue weighted by Crippen LogP contribution is -2.20. The Labute approximate surface area is 110 Å². The highest BCUT2D eigenvalue weighted by Gasteiger charge is 2.23. The highest BCUT2D eigenvalue weighted by atomic mass is 32.1. The van der Waals surface area contributed by atoms with Gasteiger partial charge in [-0.3, -0.25) is 9.59 Å². The number of methoxy groups -OCH3 is 1. The van der Waals surface area contributed by atoms with E-state index in [4.69, 9.17) is 0 Å². The van der Waals surface area contributed by atoms with E-state index >= 15 is 0 Å². The first-order valence-corrected chi connectivity index (χ1v) is 6.89. The number of nitrogens with one attached hydrogen (secondary N) is 1. The largest absolute Gasteiger partial charge is 0.469 e. The zero-order valence-electron chi connectivity index (χ0n) is 10.3. The van der Waals surface area contributed by atoms with Crippen molar-refractivity contribution in [3.8, 4) is 0 Å². The average molecular weight is 268 g/mol. The zero-order chi connectivity index (χ0) is 13.0. The fourth-order valence-corrected chi connectivity index (χ4v) is 2.77. The molecule has 1 heterocycles. The Morgan fingerprint density at radius 3 is 2.89 bits per heavy atom. The smallest absolute Gasteiger partial charge is 0.311 e. The maximum Gasteiger partial charge on any atom is 0.311 e. The molecule has 1 aliphatic carbocycles. The number of carbonyl (C=O) groups is 2. The van der Waals surface area contributed by atoms with E-state index in [9.17, 15) is 9.59 Å². The molecule has 1 aliphatic rings. The Bertz CT molecular complexity index is 438. The summed E-state index contributed by atoms with van der Waals surface area (Å²) in [4.78, 5) is 27.1. The van der Waals surface area contributed by atoms with Gasteiger partial charge in [0.2, 0.25) is 5.91 Å². The lowest BCUT2D eigenvalue weighted by molar-refractivity contribution is -0.139. The number of amides is 1. The van der Waals surface area contributed by atoms with E-state index < -0.39 is 0 Å². The lowest BCUT2D eigenvalue weighted by Gasteiger charge is -2.07. The number of ether oxygens (including phenoxy) is 1. The standard InChI is InChI=1S/C12H16N2O3S/c1-17-10(15)6-9-7-18-12(13-9)14-11(16)8-4-2-3-5-8/h7-8H,2-6H2,1H3,(H,13,14,16). The number of thiazole rings is 1. The van der Waals surface area contributed by atoms with E-state index in [0.29, 0.717) is 10.8 Å². The Hall–Kier alpha value is -1.43. The number of carbonyl (C=O) groups excluding carboxylic acids is 2. The van der Waals surface area contributed by atoms with Gasteiger partial charge in [-0.05, 0) is 12.8 Å². The summed E-state index contributed by atoms with van der Waals surface area (Å²) in [5, 5.41) is 5.14. The summed E-state index contributed by atoms with van der Waals surface area (Å²) in [5.74, 6) is -0.154. The van der Waals surface area contributed by atoms with Crippen molar-refractivity contribution in [2.24, 2.45) is 5.92 Å².